The third-order valence-corrected chi connectivity index (χ3v) is 5.02. The summed E-state index contributed by atoms with van der Waals surface area (Å²) in [6.07, 6.45) is 5.25. The molecule has 0 radical (unpaired) electrons. The lowest BCUT2D eigenvalue weighted by molar-refractivity contribution is -0.124. The second kappa shape index (κ2) is 6.99. The zero-order chi connectivity index (χ0) is 20.8. The van der Waals surface area contributed by atoms with E-state index in [2.05, 4.69) is 25.7 Å². The van der Waals surface area contributed by atoms with E-state index in [-0.39, 0.29) is 18.3 Å². The monoisotopic (exact) mass is 425 g/mol. The van der Waals surface area contributed by atoms with Crippen molar-refractivity contribution in [1.82, 2.24) is 24.9 Å². The normalized spacial score (nSPS) is 17.6. The minimum Gasteiger partial charge on any atom is -0.424 e. The molecule has 3 aromatic rings. The van der Waals surface area contributed by atoms with Gasteiger partial charge in [0.1, 0.15) is 5.75 Å². The van der Waals surface area contributed by atoms with E-state index >= 15 is 0 Å². The number of rotatable bonds is 5. The Kier molecular flexibility index (Phi) is 4.28. The van der Waals surface area contributed by atoms with Gasteiger partial charge in [-0.25, -0.2) is 0 Å². The summed E-state index contributed by atoms with van der Waals surface area (Å²) in [5.41, 5.74) is 7.53. The highest BCUT2D eigenvalue weighted by Crippen LogP contribution is 2.30. The molecule has 0 unspecified atom stereocenters. The highest BCUT2D eigenvalue weighted by atomic mass is 35.5. The van der Waals surface area contributed by atoms with E-state index < -0.39 is 5.91 Å². The van der Waals surface area contributed by atoms with Gasteiger partial charge >= 0.3 is 6.01 Å². The maximum atomic E-state index is 11.9. The Morgan fingerprint density at radius 2 is 2.13 bits per heavy atom. The van der Waals surface area contributed by atoms with Crippen LogP contribution in [0.15, 0.2) is 30.0 Å². The summed E-state index contributed by atoms with van der Waals surface area (Å²) in [5, 5.41) is 10.3. The Morgan fingerprint density at radius 1 is 1.30 bits per heavy atom. The number of nitrogens with one attached hydrogen (secondary N) is 2. The van der Waals surface area contributed by atoms with Crippen LogP contribution >= 0.6 is 11.6 Å². The molecule has 30 heavy (non-hydrogen) atoms. The molecular formula is C19H16ClN7O3. The average molecular weight is 426 g/mol. The maximum absolute atomic E-state index is 11.9. The molecule has 0 spiro atoms. The summed E-state index contributed by atoms with van der Waals surface area (Å²) < 4.78 is 7.34. The summed E-state index contributed by atoms with van der Waals surface area (Å²) in [5.74, 6) is 0.141. The number of imide groups is 1. The predicted molar refractivity (Wildman–Crippen MR) is 109 cm³/mol. The Hall–Kier alpha value is -3.66. The first kappa shape index (κ1) is 18.4. The van der Waals surface area contributed by atoms with Gasteiger partial charge in [-0.15, -0.1) is 0 Å². The van der Waals surface area contributed by atoms with Crippen molar-refractivity contribution in [2.24, 2.45) is 0 Å². The number of nitrogen functional groups attached to an aromatic ring is 1. The fraction of sp³-hybridized carbons (Fsp3) is 0.211. The number of fused-ring (bicyclic) bond motifs is 1. The van der Waals surface area contributed by atoms with Crippen molar-refractivity contribution in [2.75, 3.05) is 11.1 Å². The molecule has 4 N–H and O–H groups in total. The van der Waals surface area contributed by atoms with Crippen molar-refractivity contribution in [3.05, 3.63) is 40.6 Å². The number of hydrogen-bond acceptors (Lipinski definition) is 8. The van der Waals surface area contributed by atoms with Crippen molar-refractivity contribution in [3.63, 3.8) is 0 Å². The second-order valence-electron chi connectivity index (χ2n) is 7.09. The second-order valence-corrected chi connectivity index (χ2v) is 7.50. The molecule has 11 heteroatoms. The molecule has 1 aliphatic heterocycles. The van der Waals surface area contributed by atoms with E-state index in [9.17, 15) is 9.59 Å². The lowest BCUT2D eigenvalue weighted by Gasteiger charge is -2.10. The smallest absolute Gasteiger partial charge is 0.327 e. The van der Waals surface area contributed by atoms with Crippen LogP contribution in [0.4, 0.5) is 11.6 Å². The van der Waals surface area contributed by atoms with E-state index in [1.807, 2.05) is 0 Å². The van der Waals surface area contributed by atoms with Gasteiger partial charge in [0.25, 0.3) is 5.91 Å². The van der Waals surface area contributed by atoms with E-state index in [4.69, 9.17) is 22.1 Å². The molecule has 2 aromatic heterocycles. The molecule has 1 saturated carbocycles. The minimum atomic E-state index is -0.419. The molecule has 1 aromatic carbocycles. The summed E-state index contributed by atoms with van der Waals surface area (Å²) >= 11 is 6.07. The van der Waals surface area contributed by atoms with Gasteiger partial charge in [0.15, 0.2) is 5.65 Å². The zero-order valence-electron chi connectivity index (χ0n) is 15.6. The van der Waals surface area contributed by atoms with Crippen LogP contribution in [0.2, 0.25) is 5.02 Å². The topological polar surface area (TPSA) is 137 Å². The number of halogens is 1. The molecule has 3 heterocycles. The summed E-state index contributed by atoms with van der Waals surface area (Å²) in [6.45, 7) is 0. The van der Waals surface area contributed by atoms with E-state index in [1.165, 1.54) is 0 Å². The van der Waals surface area contributed by atoms with Crippen LogP contribution in [-0.2, 0) is 9.59 Å². The zero-order valence-corrected chi connectivity index (χ0v) is 16.3. The van der Waals surface area contributed by atoms with Crippen LogP contribution < -0.4 is 21.1 Å². The van der Waals surface area contributed by atoms with E-state index in [0.29, 0.717) is 45.2 Å². The van der Waals surface area contributed by atoms with Gasteiger partial charge < -0.3 is 15.8 Å². The molecule has 2 fully saturated rings. The van der Waals surface area contributed by atoms with Gasteiger partial charge in [0.05, 0.1) is 23.3 Å². The number of carbonyl (C=O) groups is 2. The fourth-order valence-corrected chi connectivity index (χ4v) is 3.18. The number of aromatic nitrogens is 4. The van der Waals surface area contributed by atoms with Crippen LogP contribution in [0.25, 0.3) is 11.7 Å². The Bertz CT molecular complexity index is 1230. The van der Waals surface area contributed by atoms with Crippen molar-refractivity contribution in [3.8, 4) is 11.8 Å². The number of anilines is 2. The fourth-order valence-electron chi connectivity index (χ4n) is 3.01. The lowest BCUT2D eigenvalue weighted by atomic mass is 10.1. The first-order valence-corrected chi connectivity index (χ1v) is 9.64. The standard InChI is InChI=1S/C19H16ClN7O3/c20-13-7-12(3-4-14(13)21)30-19-25-16-10(5-9-6-15(28)24-17(9)29)8-22-27(16)18(26-19)23-11-1-2-11/h3-5,7-8,11H,1-2,6,21H2,(H,23,25,26)(H,24,28,29)/b9-5+. The van der Waals surface area contributed by atoms with Crippen LogP contribution in [0, 0.1) is 0 Å². The van der Waals surface area contributed by atoms with Crippen molar-refractivity contribution < 1.29 is 14.3 Å². The molecule has 5 rings (SSSR count). The Morgan fingerprint density at radius 3 is 2.83 bits per heavy atom. The van der Waals surface area contributed by atoms with Gasteiger partial charge in [-0.05, 0) is 31.1 Å². The molecular weight excluding hydrogens is 410 g/mol. The number of nitrogens with two attached hydrogens (primary N) is 1. The minimum absolute atomic E-state index is 0.0156. The largest absolute Gasteiger partial charge is 0.424 e. The van der Waals surface area contributed by atoms with Crippen LogP contribution in [0.5, 0.6) is 11.8 Å². The molecule has 0 atom stereocenters. The van der Waals surface area contributed by atoms with Gasteiger partial charge in [0, 0.05) is 23.2 Å². The van der Waals surface area contributed by atoms with Gasteiger partial charge in [-0.3, -0.25) is 14.9 Å². The van der Waals surface area contributed by atoms with E-state index in [1.54, 1.807) is 35.0 Å². The number of amides is 2. The molecule has 2 aliphatic rings. The van der Waals surface area contributed by atoms with Gasteiger partial charge in [-0.2, -0.15) is 19.6 Å². The van der Waals surface area contributed by atoms with E-state index in [0.717, 1.165) is 12.8 Å². The number of hydrogen-bond donors (Lipinski definition) is 3. The Labute approximate surface area is 175 Å². The molecule has 2 amide bonds. The van der Waals surface area contributed by atoms with Crippen molar-refractivity contribution in [1.29, 1.82) is 0 Å². The van der Waals surface area contributed by atoms with Gasteiger partial charge in [-0.1, -0.05) is 11.6 Å². The molecule has 152 valence electrons. The number of ether oxygens (including phenoxy) is 1. The SMILES string of the molecule is Nc1ccc(Oc2nc(NC3CC3)n3ncc(/C=C4\CC(=O)NC4=O)c3n2)cc1Cl. The maximum Gasteiger partial charge on any atom is 0.327 e. The summed E-state index contributed by atoms with van der Waals surface area (Å²) in [6, 6.07) is 5.26. The number of nitrogens with zero attached hydrogens (tertiary/aromatic N) is 4. The van der Waals surface area contributed by atoms with Crippen molar-refractivity contribution in [2.45, 2.75) is 25.3 Å². The molecule has 1 saturated heterocycles. The quantitative estimate of drug-likeness (QED) is 0.321. The average Bonchev–Trinajstić information content (AvgIpc) is 3.34. The van der Waals surface area contributed by atoms with Crippen molar-refractivity contribution >= 4 is 46.8 Å². The van der Waals surface area contributed by atoms with Crippen LogP contribution in [0.3, 0.4) is 0 Å². The van der Waals surface area contributed by atoms with Gasteiger partial charge in [0.2, 0.25) is 11.9 Å². The predicted octanol–water partition coefficient (Wildman–Crippen LogP) is 2.16. The first-order chi connectivity index (χ1) is 14.5. The lowest BCUT2D eigenvalue weighted by Crippen LogP contribution is -2.19. The first-order valence-electron chi connectivity index (χ1n) is 9.26. The summed E-state index contributed by atoms with van der Waals surface area (Å²) in [4.78, 5) is 32.3. The van der Waals surface area contributed by atoms with Crippen LogP contribution in [0.1, 0.15) is 24.8 Å². The number of carbonyl (C=O) groups excluding carboxylic acids is 2. The third kappa shape index (κ3) is 3.52. The highest BCUT2D eigenvalue weighted by Gasteiger charge is 2.26. The van der Waals surface area contributed by atoms with Crippen LogP contribution in [-0.4, -0.2) is 37.4 Å². The Balaban J connectivity index is 1.57. The summed E-state index contributed by atoms with van der Waals surface area (Å²) in [7, 11) is 0. The molecule has 0 bridgehead atoms. The number of benzene rings is 1. The molecule has 1 aliphatic carbocycles. The third-order valence-electron chi connectivity index (χ3n) is 4.69. The highest BCUT2D eigenvalue weighted by molar-refractivity contribution is 6.33. The molecule has 10 nitrogen and oxygen atoms in total.